The van der Waals surface area contributed by atoms with Gasteiger partial charge in [0.15, 0.2) is 5.75 Å². The summed E-state index contributed by atoms with van der Waals surface area (Å²) in [6, 6.07) is 10.9. The summed E-state index contributed by atoms with van der Waals surface area (Å²) < 4.78 is 7.35. The lowest BCUT2D eigenvalue weighted by Crippen LogP contribution is -2.38. The molecule has 2 aromatic carbocycles. The van der Waals surface area contributed by atoms with Crippen LogP contribution in [0.3, 0.4) is 0 Å². The summed E-state index contributed by atoms with van der Waals surface area (Å²) in [4.78, 5) is 25.0. The van der Waals surface area contributed by atoms with Crippen LogP contribution < -0.4 is 21.8 Å². The number of nitrogens with one attached hydrogen (secondary N) is 1. The fourth-order valence-electron chi connectivity index (χ4n) is 2.84. The molecule has 0 spiro atoms. The molecular weight excluding hydrogens is 518 g/mol. The number of H-pyrrole nitrogens is 1. The minimum atomic E-state index is -0.775. The van der Waals surface area contributed by atoms with Gasteiger partial charge in [-0.3, -0.25) is 9.59 Å². The molecule has 3 aromatic rings. The number of rotatable bonds is 7. The second kappa shape index (κ2) is 9.46. The van der Waals surface area contributed by atoms with Crippen molar-refractivity contribution in [3.63, 3.8) is 0 Å². The van der Waals surface area contributed by atoms with Crippen molar-refractivity contribution in [2.75, 3.05) is 0 Å². The maximum absolute atomic E-state index is 11.2. The Balaban J connectivity index is 1.83. The smallest absolute Gasteiger partial charge is 0.247 e. The molecule has 1 amide bonds. The predicted octanol–water partition coefficient (Wildman–Crippen LogP) is 3.34. The van der Waals surface area contributed by atoms with Crippen molar-refractivity contribution in [3.8, 4) is 17.2 Å². The van der Waals surface area contributed by atoms with E-state index in [1.807, 2.05) is 12.1 Å². The van der Waals surface area contributed by atoms with E-state index in [4.69, 9.17) is 16.2 Å². The van der Waals surface area contributed by atoms with Crippen molar-refractivity contribution >= 4 is 37.8 Å². The summed E-state index contributed by atoms with van der Waals surface area (Å²) in [7, 11) is 0. The molecule has 0 bridgehead atoms. The number of pyridine rings is 1. The Morgan fingerprint density at radius 3 is 2.40 bits per heavy atom. The Kier molecular flexibility index (Phi) is 6.96. The van der Waals surface area contributed by atoms with Crippen molar-refractivity contribution in [2.24, 2.45) is 11.5 Å². The Morgan fingerprint density at radius 2 is 1.80 bits per heavy atom. The summed E-state index contributed by atoms with van der Waals surface area (Å²) in [5, 5.41) is 10.2. The average Bonchev–Trinajstić information content (AvgIpc) is 2.68. The predicted molar refractivity (Wildman–Crippen MR) is 121 cm³/mol. The Labute approximate surface area is 189 Å². The molecule has 0 aliphatic rings. The molecule has 1 aromatic heterocycles. The number of aromatic nitrogens is 1. The van der Waals surface area contributed by atoms with Gasteiger partial charge in [0.05, 0.1) is 15.0 Å². The molecule has 6 N–H and O–H groups in total. The summed E-state index contributed by atoms with van der Waals surface area (Å²) in [5.74, 6) is 0.617. The van der Waals surface area contributed by atoms with E-state index in [1.54, 1.807) is 30.5 Å². The molecule has 30 heavy (non-hydrogen) atoms. The largest absolute Gasteiger partial charge is 0.508 e. The lowest BCUT2D eigenvalue weighted by atomic mass is 10.1. The van der Waals surface area contributed by atoms with Crippen molar-refractivity contribution in [3.05, 3.63) is 84.7 Å². The third-order valence-electron chi connectivity index (χ3n) is 4.39. The lowest BCUT2D eigenvalue weighted by Gasteiger charge is -2.14. The first-order valence-electron chi connectivity index (χ1n) is 8.93. The SMILES string of the molecule is NC(=O)[C@@H](N)Cc1cc(Br)c(Oc2ccc(O)c(Cc3ccc(=O)[nH]c3)c2)c(Br)c1. The van der Waals surface area contributed by atoms with Crippen LogP contribution in [-0.2, 0) is 17.6 Å². The highest BCUT2D eigenvalue weighted by Crippen LogP contribution is 2.39. The highest BCUT2D eigenvalue weighted by Gasteiger charge is 2.15. The number of halogens is 2. The van der Waals surface area contributed by atoms with Gasteiger partial charge in [-0.15, -0.1) is 0 Å². The van der Waals surface area contributed by atoms with Crippen LogP contribution in [0.1, 0.15) is 16.7 Å². The van der Waals surface area contributed by atoms with E-state index in [0.717, 1.165) is 11.1 Å². The third-order valence-corrected chi connectivity index (χ3v) is 5.57. The van der Waals surface area contributed by atoms with Crippen molar-refractivity contribution in [1.29, 1.82) is 0 Å². The molecule has 0 saturated carbocycles. The quantitative estimate of drug-likeness (QED) is 0.367. The number of nitrogens with two attached hydrogens (primary N) is 2. The lowest BCUT2D eigenvalue weighted by molar-refractivity contribution is -0.119. The third kappa shape index (κ3) is 5.50. The minimum absolute atomic E-state index is 0.127. The van der Waals surface area contributed by atoms with Gasteiger partial charge in [-0.25, -0.2) is 0 Å². The number of carbonyl (C=O) groups excluding carboxylic acids is 1. The van der Waals surface area contributed by atoms with E-state index < -0.39 is 11.9 Å². The Bertz CT molecular complexity index is 1100. The summed E-state index contributed by atoms with van der Waals surface area (Å²) in [5.41, 5.74) is 13.1. The highest BCUT2D eigenvalue weighted by molar-refractivity contribution is 9.11. The molecule has 0 saturated heterocycles. The van der Waals surface area contributed by atoms with E-state index in [1.165, 1.54) is 6.07 Å². The second-order valence-corrected chi connectivity index (χ2v) is 8.44. The zero-order valence-corrected chi connectivity index (χ0v) is 18.9. The van der Waals surface area contributed by atoms with Crippen molar-refractivity contribution in [2.45, 2.75) is 18.9 Å². The average molecular weight is 537 g/mol. The minimum Gasteiger partial charge on any atom is -0.508 e. The van der Waals surface area contributed by atoms with E-state index in [-0.39, 0.29) is 11.3 Å². The zero-order valence-electron chi connectivity index (χ0n) is 15.7. The molecule has 7 nitrogen and oxygen atoms in total. The molecule has 0 fully saturated rings. The summed E-state index contributed by atoms with van der Waals surface area (Å²) in [6.07, 6.45) is 2.33. The standard InChI is InChI=1S/C21H19Br2N3O4/c22-15-6-12(8-17(24)21(25)29)7-16(23)20(15)30-14-2-3-18(27)13(9-14)5-11-1-4-19(28)26-10-11/h1-4,6-7,9-10,17,27H,5,8,24H2,(H2,25,29)(H,26,28)/t17-/m0/s1. The number of aromatic hydroxyl groups is 1. The molecule has 1 atom stereocenters. The van der Waals surface area contributed by atoms with Gasteiger partial charge in [0.25, 0.3) is 0 Å². The number of benzene rings is 2. The van der Waals surface area contributed by atoms with Gasteiger partial charge in [0, 0.05) is 24.2 Å². The van der Waals surface area contributed by atoms with Gasteiger partial charge in [-0.1, -0.05) is 6.07 Å². The first kappa shape index (κ1) is 22.1. The van der Waals surface area contributed by atoms with Gasteiger partial charge in [-0.2, -0.15) is 0 Å². The molecule has 9 heteroatoms. The monoisotopic (exact) mass is 535 g/mol. The van der Waals surface area contributed by atoms with Crippen LogP contribution >= 0.6 is 31.9 Å². The summed E-state index contributed by atoms with van der Waals surface area (Å²) >= 11 is 6.96. The first-order chi connectivity index (χ1) is 14.2. The van der Waals surface area contributed by atoms with E-state index in [9.17, 15) is 14.7 Å². The summed E-state index contributed by atoms with van der Waals surface area (Å²) in [6.45, 7) is 0. The van der Waals surface area contributed by atoms with Crippen LogP contribution in [0.25, 0.3) is 0 Å². The van der Waals surface area contributed by atoms with Crippen LogP contribution in [0.15, 0.2) is 62.4 Å². The van der Waals surface area contributed by atoms with Crippen LogP contribution in [0, 0.1) is 0 Å². The number of primary amides is 1. The van der Waals surface area contributed by atoms with Gasteiger partial charge in [-0.05, 0) is 79.7 Å². The van der Waals surface area contributed by atoms with Crippen LogP contribution in [0.5, 0.6) is 17.2 Å². The number of phenolic OH excluding ortho intramolecular Hbond substituents is 1. The molecule has 1 heterocycles. The molecule has 0 aliphatic heterocycles. The number of carbonyl (C=O) groups is 1. The number of ether oxygens (including phenoxy) is 1. The maximum atomic E-state index is 11.2. The number of phenols is 1. The Morgan fingerprint density at radius 1 is 1.10 bits per heavy atom. The fraction of sp³-hybridized carbons (Fsp3) is 0.143. The molecule has 0 unspecified atom stereocenters. The fourth-order valence-corrected chi connectivity index (χ4v) is 4.28. The zero-order chi connectivity index (χ0) is 21.8. The van der Waals surface area contributed by atoms with Gasteiger partial charge in [0.1, 0.15) is 11.5 Å². The van der Waals surface area contributed by atoms with Crippen LogP contribution in [-0.4, -0.2) is 22.0 Å². The molecular formula is C21H19Br2N3O4. The van der Waals surface area contributed by atoms with Crippen LogP contribution in [0.2, 0.25) is 0 Å². The molecule has 156 valence electrons. The first-order valence-corrected chi connectivity index (χ1v) is 10.5. The van der Waals surface area contributed by atoms with Gasteiger partial charge < -0.3 is 26.3 Å². The second-order valence-electron chi connectivity index (χ2n) is 6.73. The normalized spacial score (nSPS) is 11.8. The Hall–Kier alpha value is -2.62. The topological polar surface area (TPSA) is 131 Å². The molecule has 3 rings (SSSR count). The maximum Gasteiger partial charge on any atom is 0.247 e. The van der Waals surface area contributed by atoms with E-state index >= 15 is 0 Å². The number of hydrogen-bond acceptors (Lipinski definition) is 5. The number of amides is 1. The van der Waals surface area contributed by atoms with E-state index in [2.05, 4.69) is 36.8 Å². The van der Waals surface area contributed by atoms with Crippen LogP contribution in [0.4, 0.5) is 0 Å². The highest BCUT2D eigenvalue weighted by atomic mass is 79.9. The molecule has 0 radical (unpaired) electrons. The molecule has 0 aliphatic carbocycles. The van der Waals surface area contributed by atoms with Gasteiger partial charge in [0.2, 0.25) is 11.5 Å². The van der Waals surface area contributed by atoms with E-state index in [0.29, 0.717) is 38.8 Å². The number of hydrogen-bond donors (Lipinski definition) is 4. The van der Waals surface area contributed by atoms with Crippen molar-refractivity contribution < 1.29 is 14.6 Å². The van der Waals surface area contributed by atoms with Gasteiger partial charge >= 0.3 is 0 Å². The number of aromatic amines is 1. The van der Waals surface area contributed by atoms with Crippen molar-refractivity contribution in [1.82, 2.24) is 4.98 Å².